The van der Waals surface area contributed by atoms with Crippen LogP contribution in [0.5, 0.6) is 0 Å². The Labute approximate surface area is 142 Å². The van der Waals surface area contributed by atoms with Crippen molar-refractivity contribution < 1.29 is 14.3 Å². The summed E-state index contributed by atoms with van der Waals surface area (Å²) < 4.78 is 5.40. The van der Waals surface area contributed by atoms with Crippen molar-refractivity contribution >= 4 is 23.5 Å². The molecule has 0 saturated carbocycles. The van der Waals surface area contributed by atoms with Gasteiger partial charge < -0.3 is 4.74 Å². The van der Waals surface area contributed by atoms with E-state index >= 15 is 0 Å². The summed E-state index contributed by atoms with van der Waals surface area (Å²) in [6.45, 7) is 6.08. The number of hydrogen-bond acceptors (Lipinski definition) is 3. The lowest BCUT2D eigenvalue weighted by molar-refractivity contribution is -0.123. The van der Waals surface area contributed by atoms with E-state index in [1.54, 1.807) is 4.90 Å². The van der Waals surface area contributed by atoms with Gasteiger partial charge in [-0.25, -0.2) is 4.79 Å². The van der Waals surface area contributed by atoms with Crippen molar-refractivity contribution in [2.75, 3.05) is 6.54 Å². The van der Waals surface area contributed by atoms with Gasteiger partial charge in [-0.3, -0.25) is 9.69 Å². The van der Waals surface area contributed by atoms with Crippen molar-refractivity contribution in [3.8, 4) is 0 Å². The highest BCUT2D eigenvalue weighted by Gasteiger charge is 2.35. The first kappa shape index (κ1) is 17.8. The number of ketones is 1. The lowest BCUT2D eigenvalue weighted by Gasteiger charge is -2.28. The zero-order valence-corrected chi connectivity index (χ0v) is 14.7. The van der Waals surface area contributed by atoms with Gasteiger partial charge in [0, 0.05) is 18.0 Å². The van der Waals surface area contributed by atoms with Crippen molar-refractivity contribution in [2.45, 2.75) is 58.1 Å². The van der Waals surface area contributed by atoms with E-state index in [1.165, 1.54) is 0 Å². The minimum absolute atomic E-state index is 0.100. The van der Waals surface area contributed by atoms with Crippen LogP contribution in [0, 0.1) is 0 Å². The standard InChI is InChI=1S/C18H24ClNO3/c1-18(2,3)23-17(22)20-12-4-5-15(20)16(21)11-8-13-6-9-14(19)10-7-13/h6-7,9-10,15H,4-5,8,11-12H2,1-3H3. The summed E-state index contributed by atoms with van der Waals surface area (Å²) in [5.41, 5.74) is 0.529. The number of likely N-dealkylation sites (tertiary alicyclic amines) is 1. The SMILES string of the molecule is CC(C)(C)OC(=O)N1CCCC1C(=O)CCc1ccc(Cl)cc1. The minimum atomic E-state index is -0.545. The van der Waals surface area contributed by atoms with Crippen molar-refractivity contribution in [3.05, 3.63) is 34.9 Å². The van der Waals surface area contributed by atoms with Crippen LogP contribution >= 0.6 is 11.6 Å². The van der Waals surface area contributed by atoms with Crippen molar-refractivity contribution in [1.82, 2.24) is 4.90 Å². The van der Waals surface area contributed by atoms with Crippen LogP contribution in [-0.4, -0.2) is 35.0 Å². The number of carbonyl (C=O) groups excluding carboxylic acids is 2. The van der Waals surface area contributed by atoms with Crippen molar-refractivity contribution in [2.24, 2.45) is 0 Å². The third-order valence-electron chi connectivity index (χ3n) is 3.83. The van der Waals surface area contributed by atoms with Gasteiger partial charge in [0.2, 0.25) is 0 Å². The molecule has 1 unspecified atom stereocenters. The van der Waals surface area contributed by atoms with E-state index < -0.39 is 5.60 Å². The van der Waals surface area contributed by atoms with Gasteiger partial charge in [0.25, 0.3) is 0 Å². The number of aryl methyl sites for hydroxylation is 1. The lowest BCUT2D eigenvalue weighted by atomic mass is 10.0. The van der Waals surface area contributed by atoms with E-state index in [0.717, 1.165) is 18.4 Å². The Bertz CT molecular complexity index is 563. The van der Waals surface area contributed by atoms with Crippen LogP contribution in [0.2, 0.25) is 5.02 Å². The molecule has 1 aromatic carbocycles. The fourth-order valence-corrected chi connectivity index (χ4v) is 2.85. The van der Waals surface area contributed by atoms with Crippen LogP contribution in [-0.2, 0) is 16.0 Å². The molecular weight excluding hydrogens is 314 g/mol. The molecule has 1 fully saturated rings. The smallest absolute Gasteiger partial charge is 0.410 e. The summed E-state index contributed by atoms with van der Waals surface area (Å²) in [4.78, 5) is 26.3. The number of rotatable bonds is 4. The van der Waals surface area contributed by atoms with Crippen LogP contribution in [0.3, 0.4) is 0 Å². The molecule has 0 N–H and O–H groups in total. The van der Waals surface area contributed by atoms with Crippen molar-refractivity contribution in [1.29, 1.82) is 0 Å². The van der Waals surface area contributed by atoms with Crippen LogP contribution in [0.15, 0.2) is 24.3 Å². The molecule has 1 aliphatic heterocycles. The second-order valence-corrected chi connectivity index (χ2v) is 7.36. The van der Waals surface area contributed by atoms with Crippen molar-refractivity contribution in [3.63, 3.8) is 0 Å². The maximum absolute atomic E-state index is 12.5. The van der Waals surface area contributed by atoms with Gasteiger partial charge in [-0.05, 0) is 57.7 Å². The zero-order valence-electron chi connectivity index (χ0n) is 14.0. The number of benzene rings is 1. The molecule has 0 aliphatic carbocycles. The van der Waals surface area contributed by atoms with Gasteiger partial charge in [0.15, 0.2) is 5.78 Å². The quantitative estimate of drug-likeness (QED) is 0.825. The molecule has 0 radical (unpaired) electrons. The zero-order chi connectivity index (χ0) is 17.0. The molecule has 23 heavy (non-hydrogen) atoms. The van der Waals surface area contributed by atoms with Gasteiger partial charge in [-0.15, -0.1) is 0 Å². The van der Waals surface area contributed by atoms with E-state index in [-0.39, 0.29) is 17.9 Å². The van der Waals surface area contributed by atoms with E-state index in [2.05, 4.69) is 0 Å². The Balaban J connectivity index is 1.92. The minimum Gasteiger partial charge on any atom is -0.444 e. The highest BCUT2D eigenvalue weighted by atomic mass is 35.5. The predicted molar refractivity (Wildman–Crippen MR) is 90.7 cm³/mol. The van der Waals surface area contributed by atoms with Gasteiger partial charge in [0.05, 0.1) is 6.04 Å². The van der Waals surface area contributed by atoms with Gasteiger partial charge in [0.1, 0.15) is 5.60 Å². The van der Waals surface area contributed by atoms with Crippen LogP contribution < -0.4 is 0 Å². The summed E-state index contributed by atoms with van der Waals surface area (Å²) in [6, 6.07) is 7.15. The molecule has 0 spiro atoms. The van der Waals surface area contributed by atoms with E-state index in [9.17, 15) is 9.59 Å². The number of ether oxygens (including phenoxy) is 1. The van der Waals surface area contributed by atoms with Crippen LogP contribution in [0.1, 0.15) is 45.6 Å². The highest BCUT2D eigenvalue weighted by molar-refractivity contribution is 6.30. The lowest BCUT2D eigenvalue weighted by Crippen LogP contribution is -2.43. The molecule has 4 nitrogen and oxygen atoms in total. The normalized spacial score (nSPS) is 18.1. The third kappa shape index (κ3) is 5.24. The number of nitrogens with zero attached hydrogens (tertiary/aromatic N) is 1. The number of amides is 1. The van der Waals surface area contributed by atoms with Gasteiger partial charge >= 0.3 is 6.09 Å². The van der Waals surface area contributed by atoms with E-state index in [4.69, 9.17) is 16.3 Å². The second-order valence-electron chi connectivity index (χ2n) is 6.92. The molecule has 2 rings (SSSR count). The Morgan fingerprint density at radius 3 is 2.52 bits per heavy atom. The predicted octanol–water partition coefficient (Wildman–Crippen LogP) is 4.24. The Morgan fingerprint density at radius 1 is 1.26 bits per heavy atom. The number of hydrogen-bond donors (Lipinski definition) is 0. The Kier molecular flexibility index (Phi) is 5.69. The second kappa shape index (κ2) is 7.35. The number of carbonyl (C=O) groups is 2. The Morgan fingerprint density at radius 2 is 1.91 bits per heavy atom. The molecule has 1 heterocycles. The largest absolute Gasteiger partial charge is 0.444 e. The molecule has 1 saturated heterocycles. The first-order valence-electron chi connectivity index (χ1n) is 8.03. The summed E-state index contributed by atoms with van der Waals surface area (Å²) in [6.07, 6.45) is 2.26. The number of halogens is 1. The summed E-state index contributed by atoms with van der Waals surface area (Å²) >= 11 is 5.86. The topological polar surface area (TPSA) is 46.6 Å². The van der Waals surface area contributed by atoms with Gasteiger partial charge in [-0.2, -0.15) is 0 Å². The van der Waals surface area contributed by atoms with Crippen LogP contribution in [0.4, 0.5) is 4.79 Å². The maximum atomic E-state index is 12.5. The first-order valence-corrected chi connectivity index (χ1v) is 8.41. The van der Waals surface area contributed by atoms with Gasteiger partial charge in [-0.1, -0.05) is 23.7 Å². The third-order valence-corrected chi connectivity index (χ3v) is 4.08. The molecule has 1 aliphatic rings. The summed E-state index contributed by atoms with van der Waals surface area (Å²) in [7, 11) is 0. The molecule has 1 amide bonds. The monoisotopic (exact) mass is 337 g/mol. The summed E-state index contributed by atoms with van der Waals surface area (Å²) in [5, 5.41) is 0.687. The summed E-state index contributed by atoms with van der Waals surface area (Å²) in [5.74, 6) is 0.100. The molecule has 0 bridgehead atoms. The fourth-order valence-electron chi connectivity index (χ4n) is 2.73. The average molecular weight is 338 g/mol. The maximum Gasteiger partial charge on any atom is 0.410 e. The molecule has 1 atom stereocenters. The number of Topliss-reactive ketones (excluding diaryl/α,β-unsaturated/α-hetero) is 1. The first-order chi connectivity index (χ1) is 10.8. The Hall–Kier alpha value is -1.55. The molecule has 126 valence electrons. The van der Waals surface area contributed by atoms with E-state index in [0.29, 0.717) is 24.4 Å². The molecule has 1 aromatic rings. The average Bonchev–Trinajstić information content (AvgIpc) is 2.94. The molecular formula is C18H24ClNO3. The fraction of sp³-hybridized carbons (Fsp3) is 0.556. The van der Waals surface area contributed by atoms with E-state index in [1.807, 2.05) is 45.0 Å². The van der Waals surface area contributed by atoms with Crippen LogP contribution in [0.25, 0.3) is 0 Å². The molecule has 5 heteroatoms. The molecule has 0 aromatic heterocycles. The highest BCUT2D eigenvalue weighted by Crippen LogP contribution is 2.23.